The van der Waals surface area contributed by atoms with Gasteiger partial charge in [-0.15, -0.1) is 0 Å². The summed E-state index contributed by atoms with van der Waals surface area (Å²) in [5.74, 6) is -0.430. The van der Waals surface area contributed by atoms with Gasteiger partial charge in [-0.2, -0.15) is 13.2 Å². The molecule has 2 aliphatic rings. The number of hydrogen-bond donors (Lipinski definition) is 2. The van der Waals surface area contributed by atoms with E-state index < -0.39 is 29.9 Å². The third-order valence-corrected chi connectivity index (χ3v) is 8.61. The van der Waals surface area contributed by atoms with Crippen LogP contribution >= 0.6 is 0 Å². The summed E-state index contributed by atoms with van der Waals surface area (Å²) in [5.41, 5.74) is 3.06. The predicted molar refractivity (Wildman–Crippen MR) is 149 cm³/mol. The number of nitrogens with one attached hydrogen (secondary N) is 1. The molecule has 2 heterocycles. The van der Waals surface area contributed by atoms with Gasteiger partial charge in [-0.05, 0) is 86.4 Å². The normalized spacial score (nSPS) is 25.0. The fraction of sp³-hybridized carbons (Fsp3) is 0.438. The van der Waals surface area contributed by atoms with Crippen LogP contribution in [0, 0.1) is 12.8 Å². The van der Waals surface area contributed by atoms with Crippen LogP contribution in [0.5, 0.6) is 0 Å². The van der Waals surface area contributed by atoms with E-state index in [9.17, 15) is 23.1 Å². The number of pyridine rings is 1. The van der Waals surface area contributed by atoms with Crippen LogP contribution in [0.25, 0.3) is 0 Å². The maximum absolute atomic E-state index is 13.2. The predicted octanol–water partition coefficient (Wildman–Crippen LogP) is 6.15. The fourth-order valence-corrected chi connectivity index (χ4v) is 6.24. The van der Waals surface area contributed by atoms with Crippen molar-refractivity contribution < 1.29 is 32.5 Å². The second kappa shape index (κ2) is 11.5. The number of amides is 1. The van der Waals surface area contributed by atoms with Gasteiger partial charge in [-0.1, -0.05) is 36.4 Å². The molecule has 9 heteroatoms. The van der Waals surface area contributed by atoms with Gasteiger partial charge >= 0.3 is 6.18 Å². The molecule has 2 aromatic carbocycles. The van der Waals surface area contributed by atoms with Crippen molar-refractivity contribution in [2.24, 2.45) is 5.92 Å². The second-order valence-electron chi connectivity index (χ2n) is 11.4. The zero-order valence-corrected chi connectivity index (χ0v) is 23.2. The molecule has 4 atom stereocenters. The van der Waals surface area contributed by atoms with E-state index in [0.29, 0.717) is 36.4 Å². The lowest BCUT2D eigenvalue weighted by Gasteiger charge is -2.50. The molecule has 2 N–H and O–H groups in total. The first-order chi connectivity index (χ1) is 19.5. The van der Waals surface area contributed by atoms with Crippen molar-refractivity contribution in [1.82, 2.24) is 4.98 Å². The first-order valence-corrected chi connectivity index (χ1v) is 13.9. The number of carbonyl (C=O) groups excluding carboxylic acids is 1. The lowest BCUT2D eigenvalue weighted by atomic mass is 9.56. The summed E-state index contributed by atoms with van der Waals surface area (Å²) in [6.45, 7) is 3.00. The summed E-state index contributed by atoms with van der Waals surface area (Å²) in [7, 11) is 0. The van der Waals surface area contributed by atoms with Crippen LogP contribution in [0.2, 0.25) is 0 Å². The Hall–Kier alpha value is -3.27. The number of benzene rings is 2. The van der Waals surface area contributed by atoms with Crippen LogP contribution in [-0.4, -0.2) is 47.1 Å². The third-order valence-electron chi connectivity index (χ3n) is 8.61. The lowest BCUT2D eigenvalue weighted by Crippen LogP contribution is -2.52. The molecular formula is C32H35F3N2O4. The molecule has 6 nitrogen and oxygen atoms in total. The molecule has 1 amide bonds. The highest BCUT2D eigenvalue weighted by atomic mass is 19.4. The third kappa shape index (κ3) is 6.32. The van der Waals surface area contributed by atoms with Crippen LogP contribution in [0.4, 0.5) is 18.9 Å². The number of carbonyl (C=O) groups is 1. The van der Waals surface area contributed by atoms with Crippen LogP contribution in [0.1, 0.15) is 58.9 Å². The minimum absolute atomic E-state index is 0.176. The van der Waals surface area contributed by atoms with Crippen molar-refractivity contribution in [3.63, 3.8) is 0 Å². The molecule has 1 fully saturated rings. The summed E-state index contributed by atoms with van der Waals surface area (Å²) >= 11 is 0. The molecule has 1 aromatic heterocycles. The fourth-order valence-electron chi connectivity index (χ4n) is 6.24. The van der Waals surface area contributed by atoms with E-state index in [2.05, 4.69) is 22.4 Å². The Morgan fingerprint density at radius 3 is 2.68 bits per heavy atom. The van der Waals surface area contributed by atoms with Crippen LogP contribution in [-0.2, 0) is 27.9 Å². The molecule has 1 aliphatic heterocycles. The largest absolute Gasteiger partial charge is 0.414 e. The Morgan fingerprint density at radius 2 is 1.95 bits per heavy atom. The number of nitrogens with zero attached hydrogens (tertiary/aromatic N) is 1. The van der Waals surface area contributed by atoms with Gasteiger partial charge in [0.15, 0.2) is 6.10 Å². The SMILES string of the molecule is Cc1ncccc1NC(=O)c1ccc2c(c1)COC[C@@H]1C[C@](O)(COC(C)C(F)(F)F)CC[C@]21Cc1ccccc1. The van der Waals surface area contributed by atoms with E-state index in [-0.39, 0.29) is 31.3 Å². The van der Waals surface area contributed by atoms with Crippen molar-refractivity contribution in [3.05, 3.63) is 94.8 Å². The molecule has 5 rings (SSSR count). The van der Waals surface area contributed by atoms with Crippen molar-refractivity contribution in [2.45, 2.75) is 69.4 Å². The Morgan fingerprint density at radius 1 is 1.17 bits per heavy atom. The molecule has 0 spiro atoms. The van der Waals surface area contributed by atoms with Gasteiger partial charge in [0.2, 0.25) is 0 Å². The molecular weight excluding hydrogens is 533 g/mol. The molecule has 1 unspecified atom stereocenters. The number of aromatic nitrogens is 1. The number of fused-ring (bicyclic) bond motifs is 3. The highest BCUT2D eigenvalue weighted by Crippen LogP contribution is 2.52. The van der Waals surface area contributed by atoms with Crippen molar-refractivity contribution in [2.75, 3.05) is 18.5 Å². The average Bonchev–Trinajstić information content (AvgIpc) is 3.09. The maximum atomic E-state index is 13.2. The van der Waals surface area contributed by atoms with Crippen molar-refractivity contribution in [3.8, 4) is 0 Å². The van der Waals surface area contributed by atoms with E-state index in [0.717, 1.165) is 23.6 Å². The minimum Gasteiger partial charge on any atom is -0.387 e. The van der Waals surface area contributed by atoms with Crippen LogP contribution < -0.4 is 5.32 Å². The topological polar surface area (TPSA) is 80.7 Å². The molecule has 41 heavy (non-hydrogen) atoms. The van der Waals surface area contributed by atoms with Crippen molar-refractivity contribution >= 4 is 11.6 Å². The van der Waals surface area contributed by atoms with E-state index in [4.69, 9.17) is 9.47 Å². The average molecular weight is 569 g/mol. The number of halogens is 3. The Kier molecular flexibility index (Phi) is 8.23. The zero-order chi connectivity index (χ0) is 29.3. The monoisotopic (exact) mass is 568 g/mol. The van der Waals surface area contributed by atoms with Crippen LogP contribution in [0.3, 0.4) is 0 Å². The lowest BCUT2D eigenvalue weighted by molar-refractivity contribution is -0.230. The highest BCUT2D eigenvalue weighted by molar-refractivity contribution is 6.04. The Labute approximate surface area is 237 Å². The molecule has 1 saturated carbocycles. The Bertz CT molecular complexity index is 1380. The number of rotatable bonds is 7. The second-order valence-corrected chi connectivity index (χ2v) is 11.4. The summed E-state index contributed by atoms with van der Waals surface area (Å²) < 4.78 is 50.5. The summed E-state index contributed by atoms with van der Waals surface area (Å²) in [5, 5.41) is 14.3. The van der Waals surface area contributed by atoms with E-state index in [1.165, 1.54) is 0 Å². The molecule has 218 valence electrons. The van der Waals surface area contributed by atoms with E-state index >= 15 is 0 Å². The summed E-state index contributed by atoms with van der Waals surface area (Å²) in [6, 6.07) is 19.3. The summed E-state index contributed by atoms with van der Waals surface area (Å²) in [6.07, 6.45) is -3.06. The molecule has 0 saturated heterocycles. The number of hydrogen-bond acceptors (Lipinski definition) is 5. The standard InChI is InChI=1S/C32H35F3N2O4/c1-21-28(9-6-14-36-21)37-29(38)24-10-11-27-25(15-24)18-40-19-26-17-30(39,20-41-22(2)32(33,34)35)12-13-31(26,27)16-23-7-4-3-5-8-23/h3-11,14-15,22,26,39H,12-13,16-20H2,1-2H3,(H,37,38)/t22?,26-,30-,31+/m0/s1. The van der Waals surface area contributed by atoms with Gasteiger partial charge in [0.25, 0.3) is 5.91 Å². The van der Waals surface area contributed by atoms with Crippen LogP contribution in [0.15, 0.2) is 66.9 Å². The number of alkyl halides is 3. The van der Waals surface area contributed by atoms with Gasteiger partial charge in [0.1, 0.15) is 0 Å². The quantitative estimate of drug-likeness (QED) is 0.357. The summed E-state index contributed by atoms with van der Waals surface area (Å²) in [4.78, 5) is 17.4. The number of anilines is 1. The first kappa shape index (κ1) is 29.2. The first-order valence-electron chi connectivity index (χ1n) is 13.9. The van der Waals surface area contributed by atoms with Gasteiger partial charge in [0.05, 0.1) is 36.8 Å². The molecule has 0 radical (unpaired) electrons. The van der Waals surface area contributed by atoms with E-state index in [1.807, 2.05) is 43.3 Å². The number of ether oxygens (including phenoxy) is 2. The maximum Gasteiger partial charge on any atom is 0.414 e. The molecule has 3 aromatic rings. The Balaban J connectivity index is 1.46. The van der Waals surface area contributed by atoms with Gasteiger partial charge < -0.3 is 19.9 Å². The van der Waals surface area contributed by atoms with E-state index in [1.54, 1.807) is 18.3 Å². The van der Waals surface area contributed by atoms with Gasteiger partial charge in [-0.3, -0.25) is 9.78 Å². The molecule has 1 aliphatic carbocycles. The number of aliphatic hydroxyl groups is 1. The highest BCUT2D eigenvalue weighted by Gasteiger charge is 2.52. The molecule has 0 bridgehead atoms. The zero-order valence-electron chi connectivity index (χ0n) is 23.2. The minimum atomic E-state index is -4.49. The smallest absolute Gasteiger partial charge is 0.387 e. The van der Waals surface area contributed by atoms with Gasteiger partial charge in [0, 0.05) is 17.2 Å². The van der Waals surface area contributed by atoms with Crippen molar-refractivity contribution in [1.29, 1.82) is 0 Å². The van der Waals surface area contributed by atoms with Gasteiger partial charge in [-0.25, -0.2) is 0 Å². The number of aryl methyl sites for hydroxylation is 1.